The molecule has 2 aromatic carbocycles. The second-order valence-electron chi connectivity index (χ2n) is 8.38. The predicted molar refractivity (Wildman–Crippen MR) is 122 cm³/mol. The Kier molecular flexibility index (Phi) is 8.55. The predicted octanol–water partition coefficient (Wildman–Crippen LogP) is 4.24. The molecule has 31 heavy (non-hydrogen) atoms. The van der Waals surface area contributed by atoms with Crippen molar-refractivity contribution in [2.45, 2.75) is 25.8 Å². The van der Waals surface area contributed by atoms with Gasteiger partial charge in [-0.25, -0.2) is 4.39 Å². The van der Waals surface area contributed by atoms with Gasteiger partial charge in [0.25, 0.3) is 0 Å². The van der Waals surface area contributed by atoms with Crippen LogP contribution in [-0.2, 0) is 13.0 Å². The molecule has 0 saturated carbocycles. The zero-order chi connectivity index (χ0) is 22.2. The lowest BCUT2D eigenvalue weighted by Crippen LogP contribution is -2.40. The fourth-order valence-corrected chi connectivity index (χ4v) is 4.53. The van der Waals surface area contributed by atoms with Crippen LogP contribution in [0, 0.1) is 11.7 Å². The van der Waals surface area contributed by atoms with Crippen LogP contribution in [0.3, 0.4) is 0 Å². The van der Waals surface area contributed by atoms with Gasteiger partial charge in [-0.15, -0.1) is 0 Å². The highest BCUT2D eigenvalue weighted by Crippen LogP contribution is 2.40. The summed E-state index contributed by atoms with van der Waals surface area (Å²) in [5.74, 6) is 2.52. The Labute approximate surface area is 185 Å². The average molecular weight is 431 g/mol. The summed E-state index contributed by atoms with van der Waals surface area (Å²) in [6.45, 7) is 5.09. The van der Waals surface area contributed by atoms with Crippen molar-refractivity contribution >= 4 is 0 Å². The molecule has 1 saturated heterocycles. The summed E-state index contributed by atoms with van der Waals surface area (Å²) in [5, 5.41) is 0. The van der Waals surface area contributed by atoms with E-state index in [1.165, 1.54) is 18.4 Å². The monoisotopic (exact) mass is 430 g/mol. The number of halogens is 1. The molecule has 6 heteroatoms. The first-order chi connectivity index (χ1) is 15.0. The van der Waals surface area contributed by atoms with Gasteiger partial charge in [-0.1, -0.05) is 18.2 Å². The van der Waals surface area contributed by atoms with Gasteiger partial charge in [0.05, 0.1) is 21.3 Å². The maximum absolute atomic E-state index is 13.1. The second kappa shape index (κ2) is 11.3. The Morgan fingerprint density at radius 2 is 1.74 bits per heavy atom. The van der Waals surface area contributed by atoms with Crippen LogP contribution in [0.4, 0.5) is 4.39 Å². The van der Waals surface area contributed by atoms with Gasteiger partial charge >= 0.3 is 0 Å². The van der Waals surface area contributed by atoms with E-state index >= 15 is 0 Å². The van der Waals surface area contributed by atoms with Crippen LogP contribution in [-0.4, -0.2) is 64.4 Å². The van der Waals surface area contributed by atoms with Gasteiger partial charge in [0.1, 0.15) is 5.82 Å². The summed E-state index contributed by atoms with van der Waals surface area (Å²) in [7, 11) is 7.10. The largest absolute Gasteiger partial charge is 0.493 e. The maximum atomic E-state index is 13.1. The number of rotatable bonds is 10. The third-order valence-electron chi connectivity index (χ3n) is 6.03. The highest BCUT2D eigenvalue weighted by molar-refractivity contribution is 5.55. The molecule has 0 aromatic heterocycles. The summed E-state index contributed by atoms with van der Waals surface area (Å²) >= 11 is 0. The van der Waals surface area contributed by atoms with Crippen molar-refractivity contribution in [2.75, 3.05) is 54.6 Å². The molecule has 170 valence electrons. The van der Waals surface area contributed by atoms with Crippen LogP contribution >= 0.6 is 0 Å². The smallest absolute Gasteiger partial charge is 0.203 e. The molecule has 1 heterocycles. The summed E-state index contributed by atoms with van der Waals surface area (Å²) < 4.78 is 29.6. The van der Waals surface area contributed by atoms with Crippen LogP contribution < -0.4 is 14.2 Å². The van der Waals surface area contributed by atoms with Gasteiger partial charge in [0.15, 0.2) is 11.5 Å². The van der Waals surface area contributed by atoms with Gasteiger partial charge < -0.3 is 24.0 Å². The van der Waals surface area contributed by atoms with Crippen LogP contribution in [0.2, 0.25) is 0 Å². The molecule has 0 radical (unpaired) electrons. The zero-order valence-electron chi connectivity index (χ0n) is 19.2. The first-order valence-electron chi connectivity index (χ1n) is 11.0. The lowest BCUT2D eigenvalue weighted by molar-refractivity contribution is 0.142. The average Bonchev–Trinajstić information content (AvgIpc) is 2.78. The van der Waals surface area contributed by atoms with Gasteiger partial charge in [0, 0.05) is 31.7 Å². The fourth-order valence-electron chi connectivity index (χ4n) is 4.53. The van der Waals surface area contributed by atoms with Gasteiger partial charge in [0.2, 0.25) is 5.75 Å². The topological polar surface area (TPSA) is 34.2 Å². The van der Waals surface area contributed by atoms with Gasteiger partial charge in [-0.2, -0.15) is 0 Å². The number of methoxy groups -OCH3 is 3. The number of hydrogen-bond donors (Lipinski definition) is 0. The Hall–Kier alpha value is -2.31. The van der Waals surface area contributed by atoms with Crippen LogP contribution in [0.5, 0.6) is 17.2 Å². The molecule has 5 nitrogen and oxygen atoms in total. The molecule has 0 aliphatic carbocycles. The molecular weight excluding hydrogens is 395 g/mol. The SMILES string of the molecule is COc1ccc(CN(C)C[C@H]2CCCN(CCc3ccc(F)cc3)C2)c(OC)c1OC. The van der Waals surface area contributed by atoms with Crippen molar-refractivity contribution in [3.8, 4) is 17.2 Å². The number of ether oxygens (including phenoxy) is 3. The summed E-state index contributed by atoms with van der Waals surface area (Å²) in [4.78, 5) is 4.90. The molecule has 3 rings (SSSR count). The molecule has 0 bridgehead atoms. The van der Waals surface area contributed by atoms with Crippen molar-refractivity contribution in [3.05, 3.63) is 53.3 Å². The van der Waals surface area contributed by atoms with E-state index in [0.717, 1.165) is 50.5 Å². The van der Waals surface area contributed by atoms with E-state index in [9.17, 15) is 4.39 Å². The highest BCUT2D eigenvalue weighted by Gasteiger charge is 2.22. The van der Waals surface area contributed by atoms with Crippen LogP contribution in [0.25, 0.3) is 0 Å². The molecule has 0 spiro atoms. The van der Waals surface area contributed by atoms with Crippen LogP contribution in [0.1, 0.15) is 24.0 Å². The second-order valence-corrected chi connectivity index (χ2v) is 8.38. The quantitative estimate of drug-likeness (QED) is 0.563. The van der Waals surface area contributed by atoms with E-state index in [1.807, 2.05) is 24.3 Å². The van der Waals surface area contributed by atoms with Crippen molar-refractivity contribution in [3.63, 3.8) is 0 Å². The van der Waals surface area contributed by atoms with E-state index < -0.39 is 0 Å². The molecule has 2 aromatic rings. The standard InChI is InChI=1S/C25H35FN2O3/c1-27(18-21-9-12-23(29-2)25(31-4)24(21)30-3)16-20-6-5-14-28(17-20)15-13-19-7-10-22(26)11-8-19/h7-12,20H,5-6,13-18H2,1-4H3/t20-/m1/s1. The zero-order valence-corrected chi connectivity index (χ0v) is 19.2. The van der Waals surface area contributed by atoms with E-state index in [4.69, 9.17) is 14.2 Å². The van der Waals surface area contributed by atoms with Gasteiger partial charge in [-0.3, -0.25) is 0 Å². The number of benzene rings is 2. The third kappa shape index (κ3) is 6.34. The lowest BCUT2D eigenvalue weighted by atomic mass is 9.96. The Bertz CT molecular complexity index is 828. The Morgan fingerprint density at radius 3 is 2.42 bits per heavy atom. The van der Waals surface area contributed by atoms with Crippen molar-refractivity contribution in [1.82, 2.24) is 9.80 Å². The first kappa shape index (κ1) is 23.4. The molecule has 0 unspecified atom stereocenters. The van der Waals surface area contributed by atoms with E-state index in [2.05, 4.69) is 16.8 Å². The van der Waals surface area contributed by atoms with Crippen LogP contribution in [0.15, 0.2) is 36.4 Å². The highest BCUT2D eigenvalue weighted by atomic mass is 19.1. The molecule has 1 aliphatic heterocycles. The third-order valence-corrected chi connectivity index (χ3v) is 6.03. The minimum Gasteiger partial charge on any atom is -0.493 e. The molecule has 1 aliphatic rings. The van der Waals surface area contributed by atoms with E-state index in [-0.39, 0.29) is 5.82 Å². The van der Waals surface area contributed by atoms with Gasteiger partial charge in [-0.05, 0) is 62.5 Å². The van der Waals surface area contributed by atoms with E-state index in [1.54, 1.807) is 33.5 Å². The lowest BCUT2D eigenvalue weighted by Gasteiger charge is -2.35. The van der Waals surface area contributed by atoms with E-state index in [0.29, 0.717) is 17.4 Å². The summed E-state index contributed by atoms with van der Waals surface area (Å²) in [6, 6.07) is 10.9. The Balaban J connectivity index is 1.54. The molecule has 1 fully saturated rings. The molecular formula is C25H35FN2O3. The molecule has 0 amide bonds. The van der Waals surface area contributed by atoms with Crippen molar-refractivity contribution < 1.29 is 18.6 Å². The minimum atomic E-state index is -0.170. The summed E-state index contributed by atoms with van der Waals surface area (Å²) in [6.07, 6.45) is 3.44. The molecule has 0 N–H and O–H groups in total. The normalized spacial score (nSPS) is 17.0. The summed E-state index contributed by atoms with van der Waals surface area (Å²) in [5.41, 5.74) is 2.29. The number of likely N-dealkylation sites (tertiary alicyclic amines) is 1. The number of hydrogen-bond acceptors (Lipinski definition) is 5. The molecule has 1 atom stereocenters. The maximum Gasteiger partial charge on any atom is 0.203 e. The first-order valence-corrected chi connectivity index (χ1v) is 11.0. The number of nitrogens with zero attached hydrogens (tertiary/aromatic N) is 2. The van der Waals surface area contributed by atoms with Crippen molar-refractivity contribution in [2.24, 2.45) is 5.92 Å². The number of piperidine rings is 1. The minimum absolute atomic E-state index is 0.170. The fraction of sp³-hybridized carbons (Fsp3) is 0.520. The van der Waals surface area contributed by atoms with Crippen molar-refractivity contribution in [1.29, 1.82) is 0 Å². The Morgan fingerprint density at radius 1 is 1.00 bits per heavy atom.